The lowest BCUT2D eigenvalue weighted by atomic mass is 9.93. The van der Waals surface area contributed by atoms with Gasteiger partial charge in [0, 0.05) is 24.0 Å². The second kappa shape index (κ2) is 7.43. The topological polar surface area (TPSA) is 47.0 Å². The minimum absolute atomic E-state index is 0.277. The van der Waals surface area contributed by atoms with Gasteiger partial charge in [-0.15, -0.1) is 0 Å². The standard InChI is InChI=1S/C15H27N3O/c1-6-8-16-10-13-11-17-14(18-12(13)2)19-9-7-15(3,4)5/h11,16H,6-10H2,1-5H3. The van der Waals surface area contributed by atoms with Gasteiger partial charge in [0.2, 0.25) is 0 Å². The van der Waals surface area contributed by atoms with E-state index in [2.05, 4.69) is 43.0 Å². The summed E-state index contributed by atoms with van der Waals surface area (Å²) in [5.41, 5.74) is 2.40. The molecule has 19 heavy (non-hydrogen) atoms. The predicted octanol–water partition coefficient (Wildman–Crippen LogP) is 3.10. The quantitative estimate of drug-likeness (QED) is 0.770. The second-order valence-corrected chi connectivity index (χ2v) is 6.10. The van der Waals surface area contributed by atoms with Gasteiger partial charge in [-0.2, -0.15) is 0 Å². The van der Waals surface area contributed by atoms with Gasteiger partial charge in [0.15, 0.2) is 0 Å². The van der Waals surface area contributed by atoms with Crippen molar-refractivity contribution in [2.45, 2.75) is 54.0 Å². The van der Waals surface area contributed by atoms with E-state index < -0.39 is 0 Å². The molecule has 1 rings (SSSR count). The van der Waals surface area contributed by atoms with Gasteiger partial charge < -0.3 is 10.1 Å². The summed E-state index contributed by atoms with van der Waals surface area (Å²) >= 11 is 0. The summed E-state index contributed by atoms with van der Waals surface area (Å²) in [6, 6.07) is 0.487. The fraction of sp³-hybridized carbons (Fsp3) is 0.733. The van der Waals surface area contributed by atoms with Crippen LogP contribution in [-0.4, -0.2) is 23.1 Å². The highest BCUT2D eigenvalue weighted by Gasteiger charge is 2.11. The van der Waals surface area contributed by atoms with Gasteiger partial charge in [-0.3, -0.25) is 0 Å². The highest BCUT2D eigenvalue weighted by Crippen LogP contribution is 2.18. The van der Waals surface area contributed by atoms with Gasteiger partial charge in [0.05, 0.1) is 6.61 Å². The van der Waals surface area contributed by atoms with Gasteiger partial charge >= 0.3 is 6.01 Å². The van der Waals surface area contributed by atoms with Crippen molar-refractivity contribution >= 4 is 0 Å². The van der Waals surface area contributed by atoms with Crippen molar-refractivity contribution in [1.82, 2.24) is 15.3 Å². The first-order valence-corrected chi connectivity index (χ1v) is 7.08. The van der Waals surface area contributed by atoms with Crippen molar-refractivity contribution < 1.29 is 4.74 Å². The summed E-state index contributed by atoms with van der Waals surface area (Å²) in [7, 11) is 0. The highest BCUT2D eigenvalue weighted by atomic mass is 16.5. The summed E-state index contributed by atoms with van der Waals surface area (Å²) in [6.45, 7) is 13.3. The Labute approximate surface area is 117 Å². The Kier molecular flexibility index (Phi) is 6.22. The molecule has 0 spiro atoms. The number of nitrogens with zero attached hydrogens (tertiary/aromatic N) is 2. The molecular formula is C15H27N3O. The highest BCUT2D eigenvalue weighted by molar-refractivity contribution is 5.17. The maximum atomic E-state index is 5.60. The number of nitrogens with one attached hydrogen (secondary N) is 1. The number of ether oxygens (including phenoxy) is 1. The predicted molar refractivity (Wildman–Crippen MR) is 78.3 cm³/mol. The molecule has 0 aliphatic heterocycles. The van der Waals surface area contributed by atoms with Crippen LogP contribution in [0.4, 0.5) is 0 Å². The van der Waals surface area contributed by atoms with Crippen LogP contribution < -0.4 is 10.1 Å². The van der Waals surface area contributed by atoms with Crippen LogP contribution in [0.5, 0.6) is 6.01 Å². The molecule has 1 N–H and O–H groups in total. The normalized spacial score (nSPS) is 11.6. The molecule has 0 saturated carbocycles. The van der Waals surface area contributed by atoms with E-state index in [1.54, 1.807) is 0 Å². The van der Waals surface area contributed by atoms with Crippen molar-refractivity contribution in [3.63, 3.8) is 0 Å². The van der Waals surface area contributed by atoms with E-state index in [1.165, 1.54) is 0 Å². The van der Waals surface area contributed by atoms with Gasteiger partial charge in [-0.25, -0.2) is 9.97 Å². The van der Waals surface area contributed by atoms with Crippen LogP contribution in [0, 0.1) is 12.3 Å². The Balaban J connectivity index is 2.47. The van der Waals surface area contributed by atoms with E-state index in [1.807, 2.05) is 13.1 Å². The molecule has 4 nitrogen and oxygen atoms in total. The van der Waals surface area contributed by atoms with Crippen molar-refractivity contribution in [2.75, 3.05) is 13.2 Å². The molecule has 0 aliphatic carbocycles. The fourth-order valence-corrected chi connectivity index (χ4v) is 1.56. The number of aryl methyl sites for hydroxylation is 1. The molecule has 1 aromatic heterocycles. The van der Waals surface area contributed by atoms with Crippen LogP contribution in [0.1, 0.15) is 51.8 Å². The lowest BCUT2D eigenvalue weighted by molar-refractivity contribution is 0.228. The number of aromatic nitrogens is 2. The number of rotatable bonds is 7. The average Bonchev–Trinajstić information content (AvgIpc) is 2.30. The van der Waals surface area contributed by atoms with Crippen LogP contribution in [0.2, 0.25) is 0 Å². The van der Waals surface area contributed by atoms with Gasteiger partial charge in [-0.1, -0.05) is 27.7 Å². The maximum absolute atomic E-state index is 5.60. The summed E-state index contributed by atoms with van der Waals surface area (Å²) < 4.78 is 5.60. The first kappa shape index (κ1) is 15.9. The van der Waals surface area contributed by atoms with Crippen molar-refractivity contribution in [1.29, 1.82) is 0 Å². The lowest BCUT2D eigenvalue weighted by Crippen LogP contribution is -2.16. The van der Waals surface area contributed by atoms with Gasteiger partial charge in [-0.05, 0) is 31.7 Å². The molecule has 108 valence electrons. The Morgan fingerprint density at radius 2 is 2.05 bits per heavy atom. The molecule has 0 aromatic carbocycles. The summed E-state index contributed by atoms with van der Waals surface area (Å²) in [5, 5.41) is 3.35. The van der Waals surface area contributed by atoms with E-state index in [0.717, 1.165) is 37.2 Å². The third-order valence-electron chi connectivity index (χ3n) is 2.88. The van der Waals surface area contributed by atoms with E-state index >= 15 is 0 Å². The molecule has 0 atom stereocenters. The third-order valence-corrected chi connectivity index (χ3v) is 2.88. The largest absolute Gasteiger partial charge is 0.463 e. The number of hydrogen-bond donors (Lipinski definition) is 1. The first-order chi connectivity index (χ1) is 8.92. The zero-order valence-corrected chi connectivity index (χ0v) is 12.9. The van der Waals surface area contributed by atoms with Crippen LogP contribution in [0.3, 0.4) is 0 Å². The van der Waals surface area contributed by atoms with E-state index in [0.29, 0.717) is 12.6 Å². The van der Waals surface area contributed by atoms with Crippen LogP contribution in [0.25, 0.3) is 0 Å². The molecule has 0 amide bonds. The third kappa shape index (κ3) is 6.53. The van der Waals surface area contributed by atoms with Crippen molar-refractivity contribution in [2.24, 2.45) is 5.41 Å². The molecule has 0 fully saturated rings. The van der Waals surface area contributed by atoms with Crippen LogP contribution >= 0.6 is 0 Å². The summed E-state index contributed by atoms with van der Waals surface area (Å²) in [6.07, 6.45) is 3.99. The SMILES string of the molecule is CCCNCc1cnc(OCCC(C)(C)C)nc1C. The average molecular weight is 265 g/mol. The molecule has 1 heterocycles. The molecule has 0 bridgehead atoms. The van der Waals surface area contributed by atoms with Crippen LogP contribution in [-0.2, 0) is 6.54 Å². The first-order valence-electron chi connectivity index (χ1n) is 7.08. The minimum Gasteiger partial charge on any atom is -0.463 e. The van der Waals surface area contributed by atoms with Crippen molar-refractivity contribution in [3.05, 3.63) is 17.5 Å². The molecule has 1 aromatic rings. The lowest BCUT2D eigenvalue weighted by Gasteiger charge is -2.17. The Morgan fingerprint density at radius 3 is 2.63 bits per heavy atom. The van der Waals surface area contributed by atoms with E-state index in [-0.39, 0.29) is 5.41 Å². The van der Waals surface area contributed by atoms with Crippen molar-refractivity contribution in [3.8, 4) is 6.01 Å². The Hall–Kier alpha value is -1.16. The summed E-state index contributed by atoms with van der Waals surface area (Å²) in [5.74, 6) is 0. The molecule has 4 heteroatoms. The Bertz CT molecular complexity index is 385. The van der Waals surface area contributed by atoms with E-state index in [9.17, 15) is 0 Å². The maximum Gasteiger partial charge on any atom is 0.316 e. The fourth-order valence-electron chi connectivity index (χ4n) is 1.56. The molecule has 0 saturated heterocycles. The smallest absolute Gasteiger partial charge is 0.316 e. The minimum atomic E-state index is 0.277. The molecular weight excluding hydrogens is 238 g/mol. The van der Waals surface area contributed by atoms with E-state index in [4.69, 9.17) is 4.74 Å². The molecule has 0 radical (unpaired) electrons. The zero-order chi connectivity index (χ0) is 14.3. The Morgan fingerprint density at radius 1 is 1.32 bits per heavy atom. The summed E-state index contributed by atoms with van der Waals surface area (Å²) in [4.78, 5) is 8.66. The number of hydrogen-bond acceptors (Lipinski definition) is 4. The molecule has 0 aliphatic rings. The van der Waals surface area contributed by atoms with Crippen LogP contribution in [0.15, 0.2) is 6.20 Å². The van der Waals surface area contributed by atoms with Gasteiger partial charge in [0.25, 0.3) is 0 Å². The molecule has 0 unspecified atom stereocenters. The second-order valence-electron chi connectivity index (χ2n) is 6.10. The van der Waals surface area contributed by atoms with Gasteiger partial charge in [0.1, 0.15) is 0 Å². The monoisotopic (exact) mass is 265 g/mol. The zero-order valence-electron chi connectivity index (χ0n) is 12.9.